The fraction of sp³-hybridized carbons (Fsp3) is 0.261. The number of anilines is 1. The molecule has 2 aromatic heterocycles. The third-order valence-electron chi connectivity index (χ3n) is 4.51. The van der Waals surface area contributed by atoms with Gasteiger partial charge < -0.3 is 9.84 Å². The molecular weight excluding hydrogens is 424 g/mol. The second-order valence-electron chi connectivity index (χ2n) is 8.37. The third-order valence-corrected chi connectivity index (χ3v) is 5.69. The van der Waals surface area contributed by atoms with E-state index in [2.05, 4.69) is 51.9 Å². The summed E-state index contributed by atoms with van der Waals surface area (Å²) in [6.07, 6.45) is 0.115. The van der Waals surface area contributed by atoms with Gasteiger partial charge in [0.1, 0.15) is 5.76 Å². The zero-order chi connectivity index (χ0) is 22.7. The molecular formula is C23H24N6O2S. The van der Waals surface area contributed by atoms with Crippen molar-refractivity contribution in [3.05, 3.63) is 60.0 Å². The first-order valence-electron chi connectivity index (χ1n) is 10.2. The van der Waals surface area contributed by atoms with Gasteiger partial charge in [-0.2, -0.15) is 5.21 Å². The van der Waals surface area contributed by atoms with Crippen LogP contribution >= 0.6 is 11.8 Å². The highest BCUT2D eigenvalue weighted by atomic mass is 32.2. The van der Waals surface area contributed by atoms with E-state index in [1.165, 1.54) is 0 Å². The molecule has 0 radical (unpaired) electrons. The van der Waals surface area contributed by atoms with Gasteiger partial charge >= 0.3 is 0 Å². The second kappa shape index (κ2) is 8.96. The van der Waals surface area contributed by atoms with Gasteiger partial charge in [-0.25, -0.2) is 0 Å². The van der Waals surface area contributed by atoms with E-state index < -0.39 is 0 Å². The van der Waals surface area contributed by atoms with Crippen LogP contribution in [0.15, 0.2) is 57.9 Å². The van der Waals surface area contributed by atoms with E-state index in [9.17, 15) is 4.79 Å². The minimum atomic E-state index is -0.166. The first kappa shape index (κ1) is 21.8. The van der Waals surface area contributed by atoms with Crippen LogP contribution < -0.4 is 5.32 Å². The largest absolute Gasteiger partial charge is 0.361 e. The van der Waals surface area contributed by atoms with E-state index in [0.717, 1.165) is 33.0 Å². The van der Waals surface area contributed by atoms with Crippen molar-refractivity contribution < 1.29 is 9.32 Å². The topological polar surface area (TPSA) is 110 Å². The Kier molecular flexibility index (Phi) is 6.09. The molecule has 0 aliphatic rings. The molecule has 2 N–H and O–H groups in total. The third kappa shape index (κ3) is 5.23. The smallest absolute Gasteiger partial charge is 0.232 e. The fourth-order valence-electron chi connectivity index (χ4n) is 3.27. The van der Waals surface area contributed by atoms with Crippen LogP contribution in [-0.2, 0) is 11.2 Å². The molecule has 2 aromatic carbocycles. The Labute approximate surface area is 190 Å². The van der Waals surface area contributed by atoms with Crippen molar-refractivity contribution in [2.24, 2.45) is 0 Å². The van der Waals surface area contributed by atoms with Crippen molar-refractivity contribution in [3.63, 3.8) is 0 Å². The van der Waals surface area contributed by atoms with Gasteiger partial charge in [-0.1, -0.05) is 56.3 Å². The number of rotatable bonds is 6. The first-order valence-corrected chi connectivity index (χ1v) is 11.0. The van der Waals surface area contributed by atoms with Gasteiger partial charge in [0, 0.05) is 21.3 Å². The number of aromatic nitrogens is 5. The summed E-state index contributed by atoms with van der Waals surface area (Å²) in [6.45, 7) is 8.24. The summed E-state index contributed by atoms with van der Waals surface area (Å²) in [5.41, 5.74) is 4.23. The Hall–Kier alpha value is -3.46. The lowest BCUT2D eigenvalue weighted by Gasteiger charge is -2.21. The molecule has 0 aliphatic carbocycles. The summed E-state index contributed by atoms with van der Waals surface area (Å²) in [4.78, 5) is 13.8. The molecule has 0 aliphatic heterocycles. The van der Waals surface area contributed by atoms with Crippen LogP contribution in [0.5, 0.6) is 0 Å². The minimum Gasteiger partial charge on any atom is -0.361 e. The number of tetrazole rings is 1. The number of carbonyl (C=O) groups is 1. The summed E-state index contributed by atoms with van der Waals surface area (Å²) in [5.74, 6) is 0.879. The summed E-state index contributed by atoms with van der Waals surface area (Å²) in [5, 5.41) is 21.3. The lowest BCUT2D eigenvalue weighted by atomic mass is 9.99. The molecule has 1 amide bonds. The van der Waals surface area contributed by atoms with E-state index in [-0.39, 0.29) is 17.1 Å². The molecule has 2 heterocycles. The van der Waals surface area contributed by atoms with Gasteiger partial charge in [0.2, 0.25) is 11.7 Å². The predicted molar refractivity (Wildman–Crippen MR) is 124 cm³/mol. The number of aryl methyl sites for hydroxylation is 1. The maximum Gasteiger partial charge on any atom is 0.232 e. The van der Waals surface area contributed by atoms with E-state index in [4.69, 9.17) is 4.52 Å². The van der Waals surface area contributed by atoms with Crippen molar-refractivity contribution >= 4 is 23.4 Å². The number of aromatic amines is 1. The van der Waals surface area contributed by atoms with Gasteiger partial charge in [-0.05, 0) is 35.4 Å². The fourth-order valence-corrected chi connectivity index (χ4v) is 4.29. The Morgan fingerprint density at radius 3 is 2.56 bits per heavy atom. The molecule has 0 atom stereocenters. The van der Waals surface area contributed by atoms with Gasteiger partial charge in [-0.15, -0.1) is 22.0 Å². The van der Waals surface area contributed by atoms with Crippen LogP contribution in [0, 0.1) is 6.92 Å². The van der Waals surface area contributed by atoms with Crippen molar-refractivity contribution in [3.8, 4) is 22.5 Å². The monoisotopic (exact) mass is 448 g/mol. The molecule has 4 rings (SSSR count). The predicted octanol–water partition coefficient (Wildman–Crippen LogP) is 4.90. The Morgan fingerprint density at radius 1 is 1.12 bits per heavy atom. The maximum absolute atomic E-state index is 12.8. The maximum atomic E-state index is 12.8. The van der Waals surface area contributed by atoms with E-state index >= 15 is 0 Å². The van der Waals surface area contributed by atoms with E-state index in [1.54, 1.807) is 17.8 Å². The number of thioether (sulfide) groups is 1. The van der Waals surface area contributed by atoms with Crippen molar-refractivity contribution in [2.45, 2.75) is 43.8 Å². The van der Waals surface area contributed by atoms with Crippen LogP contribution in [0.2, 0.25) is 0 Å². The molecule has 0 fully saturated rings. The number of nitrogens with zero attached hydrogens (tertiary/aromatic N) is 4. The summed E-state index contributed by atoms with van der Waals surface area (Å²) in [7, 11) is 0. The van der Waals surface area contributed by atoms with Crippen molar-refractivity contribution in [2.75, 3.05) is 5.32 Å². The average molecular weight is 449 g/mol. The van der Waals surface area contributed by atoms with Crippen LogP contribution in [0.4, 0.5) is 5.69 Å². The number of carbonyl (C=O) groups excluding carboxylic acids is 1. The first-order chi connectivity index (χ1) is 15.3. The summed E-state index contributed by atoms with van der Waals surface area (Å²) in [6, 6.07) is 15.7. The average Bonchev–Trinajstić information content (AvgIpc) is 3.40. The standard InChI is InChI=1S/C23H24N6O2S/c1-14-11-16(31-27-14)13-21(30)24-19-12-15(9-10-20(19)32-23(2,3)4)17-7-5-6-8-18(17)22-25-28-29-26-22/h5-12H,13H2,1-4H3,(H,24,30)(H,25,26,28,29). The van der Waals surface area contributed by atoms with Crippen LogP contribution in [-0.4, -0.2) is 36.4 Å². The van der Waals surface area contributed by atoms with Gasteiger partial charge in [-0.3, -0.25) is 4.79 Å². The van der Waals surface area contributed by atoms with E-state index in [0.29, 0.717) is 11.6 Å². The normalized spacial score (nSPS) is 11.5. The minimum absolute atomic E-state index is 0.0222. The SMILES string of the molecule is Cc1cc(CC(=O)Nc2cc(-c3ccccc3-c3nn[nH]n3)ccc2SC(C)(C)C)on1. The van der Waals surface area contributed by atoms with Gasteiger partial charge in [0.05, 0.1) is 17.8 Å². The lowest BCUT2D eigenvalue weighted by Crippen LogP contribution is -2.16. The Morgan fingerprint density at radius 2 is 1.91 bits per heavy atom. The van der Waals surface area contributed by atoms with Gasteiger partial charge in [0.15, 0.2) is 0 Å². The molecule has 0 bridgehead atoms. The van der Waals surface area contributed by atoms with Crippen LogP contribution in [0.1, 0.15) is 32.2 Å². The van der Waals surface area contributed by atoms with Crippen molar-refractivity contribution in [1.29, 1.82) is 0 Å². The number of benzene rings is 2. The molecule has 0 spiro atoms. The molecule has 9 heteroatoms. The zero-order valence-corrected chi connectivity index (χ0v) is 19.2. The lowest BCUT2D eigenvalue weighted by molar-refractivity contribution is -0.115. The van der Waals surface area contributed by atoms with E-state index in [1.807, 2.05) is 49.4 Å². The highest BCUT2D eigenvalue weighted by Crippen LogP contribution is 2.40. The summed E-state index contributed by atoms with van der Waals surface area (Å²) >= 11 is 1.70. The molecule has 164 valence electrons. The molecule has 0 unspecified atom stereocenters. The van der Waals surface area contributed by atoms with Crippen LogP contribution in [0.25, 0.3) is 22.5 Å². The molecule has 32 heavy (non-hydrogen) atoms. The number of hydrogen-bond donors (Lipinski definition) is 2. The van der Waals surface area contributed by atoms with Crippen LogP contribution in [0.3, 0.4) is 0 Å². The highest BCUT2D eigenvalue weighted by molar-refractivity contribution is 8.00. The molecule has 0 saturated heterocycles. The zero-order valence-electron chi connectivity index (χ0n) is 18.3. The summed E-state index contributed by atoms with van der Waals surface area (Å²) < 4.78 is 5.17. The number of nitrogens with one attached hydrogen (secondary N) is 2. The Balaban J connectivity index is 1.70. The molecule has 4 aromatic rings. The number of amides is 1. The molecule has 0 saturated carbocycles. The number of hydrogen-bond acceptors (Lipinski definition) is 7. The quantitative estimate of drug-likeness (QED) is 0.404. The highest BCUT2D eigenvalue weighted by Gasteiger charge is 2.19. The van der Waals surface area contributed by atoms with Crippen molar-refractivity contribution in [1.82, 2.24) is 25.8 Å². The second-order valence-corrected chi connectivity index (χ2v) is 10.2. The van der Waals surface area contributed by atoms with Gasteiger partial charge in [0.25, 0.3) is 0 Å². The number of H-pyrrole nitrogens is 1. The Bertz CT molecular complexity index is 1230. The molecule has 8 nitrogen and oxygen atoms in total.